The third kappa shape index (κ3) is 8.74. The maximum Gasteiger partial charge on any atom is 0.0543 e. The van der Waals surface area contributed by atoms with Crippen LogP contribution in [0, 0.1) is 0 Å². The summed E-state index contributed by atoms with van der Waals surface area (Å²) >= 11 is 0. The van der Waals surface area contributed by atoms with Crippen LogP contribution in [-0.4, -0.2) is 0 Å². The Bertz CT molecular complexity index is 3340. The van der Waals surface area contributed by atoms with E-state index in [9.17, 15) is 0 Å². The van der Waals surface area contributed by atoms with Crippen LogP contribution in [0.3, 0.4) is 0 Å². The van der Waals surface area contributed by atoms with Crippen LogP contribution in [0.25, 0.3) is 33.0 Å². The SMILES string of the molecule is CC1(C)c2cc(N(c3ccc(C4CCCCC4)cc3)c3ccc(C4CCCCC4)cc3)ccc2-c2cc3c(cc21)-c1c(cc(N(c2ccc(C4CCCCC4)cc2)c2ccc(C4CCCCC4)cc2)c2ccccc12)C3(C)C. The van der Waals surface area contributed by atoms with Crippen molar-refractivity contribution >= 4 is 44.9 Å². The van der Waals surface area contributed by atoms with Crippen molar-refractivity contribution in [1.29, 1.82) is 0 Å². The van der Waals surface area contributed by atoms with E-state index in [-0.39, 0.29) is 10.8 Å². The molecule has 0 amide bonds. The van der Waals surface area contributed by atoms with Gasteiger partial charge in [-0.1, -0.05) is 184 Å². The molecule has 8 aromatic carbocycles. The number of nitrogens with zero attached hydrogens (tertiary/aromatic N) is 2. The van der Waals surface area contributed by atoms with Crippen molar-refractivity contribution in [1.82, 2.24) is 0 Å². The lowest BCUT2D eigenvalue weighted by atomic mass is 9.79. The van der Waals surface area contributed by atoms with Crippen LogP contribution in [0.4, 0.5) is 34.1 Å². The molecule has 0 N–H and O–H groups in total. The zero-order valence-electron chi connectivity index (χ0n) is 47.4. The highest BCUT2D eigenvalue weighted by Crippen LogP contribution is 2.60. The maximum absolute atomic E-state index is 2.63. The molecule has 78 heavy (non-hydrogen) atoms. The monoisotopic (exact) mass is 1020 g/mol. The molecule has 0 aromatic heterocycles. The first-order chi connectivity index (χ1) is 38.2. The zero-order chi connectivity index (χ0) is 52.5. The summed E-state index contributed by atoms with van der Waals surface area (Å²) in [6.07, 6.45) is 26.9. The van der Waals surface area contributed by atoms with Gasteiger partial charge in [-0.2, -0.15) is 0 Å². The molecule has 0 radical (unpaired) electrons. The van der Waals surface area contributed by atoms with Crippen molar-refractivity contribution in [3.8, 4) is 22.3 Å². The average molecular weight is 1020 g/mol. The Morgan fingerprint density at radius 1 is 0.295 bits per heavy atom. The average Bonchev–Trinajstić information content (AvgIpc) is 3.94. The fourth-order valence-electron chi connectivity index (χ4n) is 16.3. The van der Waals surface area contributed by atoms with Crippen molar-refractivity contribution in [3.05, 3.63) is 202 Å². The standard InChI is InChI=1S/C76H82N2/c1-75(2)69-47-63(77(59-37-29-55(30-38-59)51-19-9-5-10-20-51)60-39-31-56(32-40-60)52-21-11-6-12-22-52)45-46-64(69)67-48-71-68(49-70(67)75)74-66-28-18-17-27-65(66)73(50-72(74)76(71,3)4)78(61-41-33-57(34-42-61)53-23-13-7-14-24-53)62-43-35-58(36-44-62)54-25-15-8-16-26-54/h17-18,27-54H,5-16,19-26H2,1-4H3. The Morgan fingerprint density at radius 3 is 1.08 bits per heavy atom. The first-order valence-electron chi connectivity index (χ1n) is 31.1. The minimum absolute atomic E-state index is 0.204. The highest BCUT2D eigenvalue weighted by molar-refractivity contribution is 6.10. The van der Waals surface area contributed by atoms with E-state index < -0.39 is 0 Å². The molecule has 0 heterocycles. The van der Waals surface area contributed by atoms with E-state index in [1.165, 1.54) is 240 Å². The van der Waals surface area contributed by atoms with Gasteiger partial charge < -0.3 is 9.80 Å². The highest BCUT2D eigenvalue weighted by atomic mass is 15.1. The number of fused-ring (bicyclic) bond motifs is 8. The van der Waals surface area contributed by atoms with Crippen LogP contribution in [0.15, 0.2) is 158 Å². The molecule has 0 aliphatic heterocycles. The lowest BCUT2D eigenvalue weighted by molar-refractivity contribution is 0.443. The lowest BCUT2D eigenvalue weighted by Gasteiger charge is -2.31. The molecule has 0 unspecified atom stereocenters. The van der Waals surface area contributed by atoms with E-state index in [2.05, 4.69) is 195 Å². The summed E-state index contributed by atoms with van der Waals surface area (Å²) in [5, 5.41) is 2.65. The van der Waals surface area contributed by atoms with E-state index in [1.54, 1.807) is 0 Å². The summed E-state index contributed by atoms with van der Waals surface area (Å²) in [6, 6.07) is 63.5. The first kappa shape index (κ1) is 49.9. The normalized spacial score (nSPS) is 19.3. The van der Waals surface area contributed by atoms with E-state index in [0.717, 1.165) is 0 Å². The molecule has 2 nitrogen and oxygen atoms in total. The molecule has 4 fully saturated rings. The molecule has 6 aliphatic carbocycles. The second-order valence-corrected chi connectivity index (χ2v) is 26.2. The molecule has 6 aliphatic rings. The van der Waals surface area contributed by atoms with Gasteiger partial charge in [-0.15, -0.1) is 0 Å². The van der Waals surface area contributed by atoms with Gasteiger partial charge in [-0.05, 0) is 226 Å². The van der Waals surface area contributed by atoms with Crippen molar-refractivity contribution in [2.24, 2.45) is 0 Å². The van der Waals surface area contributed by atoms with Gasteiger partial charge in [0, 0.05) is 44.7 Å². The number of benzene rings is 8. The summed E-state index contributed by atoms with van der Waals surface area (Å²) in [6.45, 7) is 9.95. The van der Waals surface area contributed by atoms with Gasteiger partial charge in [0.2, 0.25) is 0 Å². The number of anilines is 6. The van der Waals surface area contributed by atoms with Crippen molar-refractivity contribution in [3.63, 3.8) is 0 Å². The predicted molar refractivity (Wildman–Crippen MR) is 332 cm³/mol. The Balaban J connectivity index is 0.854. The van der Waals surface area contributed by atoms with Gasteiger partial charge >= 0.3 is 0 Å². The minimum Gasteiger partial charge on any atom is -0.310 e. The van der Waals surface area contributed by atoms with Gasteiger partial charge in [0.15, 0.2) is 0 Å². The minimum atomic E-state index is -0.225. The quantitative estimate of drug-likeness (QED) is 0.135. The van der Waals surface area contributed by atoms with Gasteiger partial charge in [0.1, 0.15) is 0 Å². The second kappa shape index (κ2) is 20.4. The number of rotatable bonds is 10. The summed E-state index contributed by atoms with van der Waals surface area (Å²) in [5.41, 5.74) is 24.3. The summed E-state index contributed by atoms with van der Waals surface area (Å²) in [7, 11) is 0. The summed E-state index contributed by atoms with van der Waals surface area (Å²) in [5.74, 6) is 2.72. The van der Waals surface area contributed by atoms with E-state index in [4.69, 9.17) is 0 Å². The molecule has 2 heteroatoms. The van der Waals surface area contributed by atoms with Gasteiger partial charge in [-0.3, -0.25) is 0 Å². The van der Waals surface area contributed by atoms with Crippen LogP contribution in [0.2, 0.25) is 0 Å². The second-order valence-electron chi connectivity index (χ2n) is 26.2. The van der Waals surface area contributed by atoms with Crippen molar-refractivity contribution < 1.29 is 0 Å². The molecule has 14 rings (SSSR count). The molecular formula is C76H82N2. The third-order valence-corrected chi connectivity index (χ3v) is 20.8. The summed E-state index contributed by atoms with van der Waals surface area (Å²) < 4.78 is 0. The van der Waals surface area contributed by atoms with E-state index in [1.807, 2.05) is 0 Å². The van der Waals surface area contributed by atoms with Gasteiger partial charge in [0.05, 0.1) is 5.69 Å². The Hall–Kier alpha value is -6.38. The van der Waals surface area contributed by atoms with Crippen LogP contribution in [0.1, 0.15) is 224 Å². The molecule has 4 saturated carbocycles. The van der Waals surface area contributed by atoms with Crippen LogP contribution in [-0.2, 0) is 10.8 Å². The van der Waals surface area contributed by atoms with Crippen LogP contribution >= 0.6 is 0 Å². The van der Waals surface area contributed by atoms with Crippen LogP contribution in [0.5, 0.6) is 0 Å². The molecule has 8 aromatic rings. The molecular weight excluding hydrogens is 941 g/mol. The summed E-state index contributed by atoms with van der Waals surface area (Å²) in [4.78, 5) is 5.13. The Kier molecular flexibility index (Phi) is 13.0. The Morgan fingerprint density at radius 2 is 0.641 bits per heavy atom. The zero-order valence-corrected chi connectivity index (χ0v) is 47.4. The number of hydrogen-bond donors (Lipinski definition) is 0. The molecule has 396 valence electrons. The predicted octanol–water partition coefficient (Wildman–Crippen LogP) is 22.6. The molecule has 0 spiro atoms. The Labute approximate surface area is 467 Å². The molecule has 0 saturated heterocycles. The first-order valence-corrected chi connectivity index (χ1v) is 31.1. The van der Waals surface area contributed by atoms with Gasteiger partial charge in [0.25, 0.3) is 0 Å². The third-order valence-electron chi connectivity index (χ3n) is 20.8. The highest BCUT2D eigenvalue weighted by Gasteiger charge is 2.43. The fourth-order valence-corrected chi connectivity index (χ4v) is 16.3. The number of hydrogen-bond acceptors (Lipinski definition) is 2. The maximum atomic E-state index is 2.63. The van der Waals surface area contributed by atoms with Crippen molar-refractivity contribution in [2.75, 3.05) is 9.80 Å². The van der Waals surface area contributed by atoms with Crippen molar-refractivity contribution in [2.45, 2.75) is 191 Å². The lowest BCUT2D eigenvalue weighted by Crippen LogP contribution is -2.18. The molecule has 0 bridgehead atoms. The fraction of sp³-hybridized carbons (Fsp3) is 0.395. The molecule has 0 atom stereocenters. The van der Waals surface area contributed by atoms with E-state index >= 15 is 0 Å². The topological polar surface area (TPSA) is 6.48 Å². The smallest absolute Gasteiger partial charge is 0.0543 e. The largest absolute Gasteiger partial charge is 0.310 e. The van der Waals surface area contributed by atoms with Gasteiger partial charge in [-0.25, -0.2) is 0 Å². The van der Waals surface area contributed by atoms with E-state index in [0.29, 0.717) is 23.7 Å². The van der Waals surface area contributed by atoms with Crippen LogP contribution < -0.4 is 9.80 Å².